The Kier molecular flexibility index (Phi) is 6.15. The minimum atomic E-state index is -1.34. The van der Waals surface area contributed by atoms with E-state index in [0.717, 1.165) is 46.4 Å². The van der Waals surface area contributed by atoms with Gasteiger partial charge in [-0.3, -0.25) is 9.59 Å². The van der Waals surface area contributed by atoms with Crippen molar-refractivity contribution in [2.24, 2.45) is 0 Å². The van der Waals surface area contributed by atoms with E-state index >= 15 is 0 Å². The van der Waals surface area contributed by atoms with Crippen LogP contribution in [0.1, 0.15) is 57.3 Å². The number of anilines is 1. The predicted octanol–water partition coefficient (Wildman–Crippen LogP) is 2.59. The van der Waals surface area contributed by atoms with E-state index in [0.29, 0.717) is 21.9 Å². The molecule has 2 amide bonds. The normalized spacial score (nSPS) is 18.2. The third kappa shape index (κ3) is 3.99. The van der Waals surface area contributed by atoms with Gasteiger partial charge in [0, 0.05) is 21.8 Å². The minimum Gasteiger partial charge on any atom is -0.545 e. The van der Waals surface area contributed by atoms with Crippen molar-refractivity contribution in [3.05, 3.63) is 45.8 Å². The predicted molar refractivity (Wildman–Crippen MR) is 114 cm³/mol. The van der Waals surface area contributed by atoms with E-state index in [9.17, 15) is 24.3 Å². The van der Waals surface area contributed by atoms with E-state index < -0.39 is 29.0 Å². The minimum absolute atomic E-state index is 0.0231. The lowest BCUT2D eigenvalue weighted by Crippen LogP contribution is -2.32. The highest BCUT2D eigenvalue weighted by atomic mass is 32.2. The molecule has 2 heterocycles. The number of hydrogen-bond donors (Lipinski definition) is 0. The van der Waals surface area contributed by atoms with Gasteiger partial charge in [-0.15, -0.1) is 23.1 Å². The number of rotatable bonds is 6. The average Bonchev–Trinajstić information content (AvgIpc) is 3.25. The first kappa shape index (κ1) is 21.6. The molecule has 0 spiro atoms. The number of fused-ring (bicyclic) bond motifs is 1. The van der Waals surface area contributed by atoms with Gasteiger partial charge < -0.3 is 14.6 Å². The van der Waals surface area contributed by atoms with Crippen molar-refractivity contribution in [2.45, 2.75) is 49.2 Å². The van der Waals surface area contributed by atoms with Crippen molar-refractivity contribution in [2.75, 3.05) is 11.5 Å². The van der Waals surface area contributed by atoms with Crippen molar-refractivity contribution in [3.63, 3.8) is 0 Å². The lowest BCUT2D eigenvalue weighted by atomic mass is 9.95. The molecule has 1 fully saturated rings. The monoisotopic (exact) mass is 458 g/mol. The summed E-state index contributed by atoms with van der Waals surface area (Å²) < 4.78 is 5.23. The van der Waals surface area contributed by atoms with E-state index in [1.165, 1.54) is 17.4 Å². The Hall–Kier alpha value is -2.65. The zero-order valence-corrected chi connectivity index (χ0v) is 18.5. The topological polar surface area (TPSA) is 104 Å². The van der Waals surface area contributed by atoms with Gasteiger partial charge >= 0.3 is 5.97 Å². The summed E-state index contributed by atoms with van der Waals surface area (Å²) in [5.74, 6) is -2.71. The molecule has 1 aliphatic carbocycles. The van der Waals surface area contributed by atoms with Crippen LogP contribution in [0.2, 0.25) is 0 Å². The molecule has 0 radical (unpaired) electrons. The molecule has 4 rings (SSSR count). The fourth-order valence-electron chi connectivity index (χ4n) is 3.92. The molecule has 1 aliphatic heterocycles. The average molecular weight is 459 g/mol. The molecule has 1 saturated heterocycles. The van der Waals surface area contributed by atoms with Gasteiger partial charge in [-0.25, -0.2) is 9.69 Å². The molecule has 1 aromatic heterocycles. The van der Waals surface area contributed by atoms with Crippen LogP contribution in [0.4, 0.5) is 5.00 Å². The molecule has 7 nitrogen and oxygen atoms in total. The highest BCUT2D eigenvalue weighted by molar-refractivity contribution is 8.00. The number of hydrogen-bond acceptors (Lipinski definition) is 8. The molecule has 0 bridgehead atoms. The van der Waals surface area contributed by atoms with Crippen molar-refractivity contribution >= 4 is 51.9 Å². The van der Waals surface area contributed by atoms with Crippen molar-refractivity contribution in [1.82, 2.24) is 0 Å². The van der Waals surface area contributed by atoms with Gasteiger partial charge in [0.2, 0.25) is 11.8 Å². The van der Waals surface area contributed by atoms with Crippen LogP contribution < -0.4 is 10.0 Å². The summed E-state index contributed by atoms with van der Waals surface area (Å²) in [6, 6.07) is 6.23. The smallest absolute Gasteiger partial charge is 0.341 e. The molecule has 31 heavy (non-hydrogen) atoms. The van der Waals surface area contributed by atoms with E-state index in [-0.39, 0.29) is 18.6 Å². The first-order valence-electron chi connectivity index (χ1n) is 10.1. The second kappa shape index (κ2) is 8.84. The third-order valence-corrected chi connectivity index (χ3v) is 7.86. The summed E-state index contributed by atoms with van der Waals surface area (Å²) in [6.45, 7) is 1.91. The van der Waals surface area contributed by atoms with Crippen LogP contribution in [0, 0.1) is 0 Å². The van der Waals surface area contributed by atoms with E-state index in [1.54, 1.807) is 25.1 Å². The van der Waals surface area contributed by atoms with Gasteiger partial charge in [-0.05, 0) is 44.2 Å². The van der Waals surface area contributed by atoms with Crippen LogP contribution in [0.3, 0.4) is 0 Å². The highest BCUT2D eigenvalue weighted by Crippen LogP contribution is 2.44. The summed E-state index contributed by atoms with van der Waals surface area (Å²) in [6.07, 6.45) is 3.38. The number of amides is 2. The fourth-order valence-corrected chi connectivity index (χ4v) is 6.50. The van der Waals surface area contributed by atoms with E-state index in [4.69, 9.17) is 4.74 Å². The summed E-state index contributed by atoms with van der Waals surface area (Å²) in [4.78, 5) is 52.7. The number of benzene rings is 1. The Morgan fingerprint density at radius 1 is 1.23 bits per heavy atom. The quantitative estimate of drug-likeness (QED) is 0.484. The van der Waals surface area contributed by atoms with E-state index in [1.807, 2.05) is 0 Å². The number of nitrogens with zero attached hydrogens (tertiary/aromatic N) is 1. The molecule has 1 unspecified atom stereocenters. The summed E-state index contributed by atoms with van der Waals surface area (Å²) in [5.41, 5.74) is 1.18. The fraction of sp³-hybridized carbons (Fsp3) is 0.364. The van der Waals surface area contributed by atoms with Crippen LogP contribution in [0.25, 0.3) is 0 Å². The van der Waals surface area contributed by atoms with Crippen LogP contribution in [-0.4, -0.2) is 35.6 Å². The molecular formula is C22H20NO6S2-. The van der Waals surface area contributed by atoms with Crippen LogP contribution in [-0.2, 0) is 27.2 Å². The van der Waals surface area contributed by atoms with Crippen molar-refractivity contribution in [3.8, 4) is 0 Å². The highest BCUT2D eigenvalue weighted by Gasteiger charge is 2.44. The Bertz CT molecular complexity index is 1080. The third-order valence-electron chi connectivity index (χ3n) is 5.32. The molecule has 0 saturated carbocycles. The maximum Gasteiger partial charge on any atom is 0.341 e. The zero-order valence-electron chi connectivity index (χ0n) is 16.8. The number of thioether (sulfide) groups is 1. The standard InChI is InChI=1S/C22H21NO6S2/c1-2-29-22(28)18-12-7-3-5-9-14(12)31-20(18)23-17(24)11-16(19(23)25)30-15-10-6-4-8-13(15)21(26)27/h4,6,8,10,16H,2-3,5,7,9,11H2,1H3,(H,26,27)/p-1. The number of aromatic carboxylic acids is 1. The maximum atomic E-state index is 13.2. The van der Waals surface area contributed by atoms with Gasteiger partial charge in [-0.1, -0.05) is 18.2 Å². The van der Waals surface area contributed by atoms with Crippen LogP contribution in [0.5, 0.6) is 0 Å². The second-order valence-electron chi connectivity index (χ2n) is 7.27. The first-order valence-corrected chi connectivity index (χ1v) is 11.8. The van der Waals surface area contributed by atoms with E-state index in [2.05, 4.69) is 0 Å². The lowest BCUT2D eigenvalue weighted by Gasteiger charge is -2.16. The molecule has 1 aromatic carbocycles. The first-order chi connectivity index (χ1) is 14.9. The molecule has 162 valence electrons. The summed E-state index contributed by atoms with van der Waals surface area (Å²) >= 11 is 2.34. The molecule has 0 N–H and O–H groups in total. The number of thiophene rings is 1. The lowest BCUT2D eigenvalue weighted by molar-refractivity contribution is -0.255. The molecule has 9 heteroatoms. The molecule has 2 aromatic rings. The summed E-state index contributed by atoms with van der Waals surface area (Å²) in [5, 5.41) is 10.9. The molecule has 2 aliphatic rings. The molecular weight excluding hydrogens is 438 g/mol. The number of esters is 1. The van der Waals surface area contributed by atoms with Crippen LogP contribution in [0.15, 0.2) is 29.2 Å². The summed E-state index contributed by atoms with van der Waals surface area (Å²) in [7, 11) is 0. The number of carbonyl (C=O) groups excluding carboxylic acids is 4. The van der Waals surface area contributed by atoms with Gasteiger partial charge in [0.1, 0.15) is 5.00 Å². The van der Waals surface area contributed by atoms with Gasteiger partial charge in [0.25, 0.3) is 0 Å². The number of imide groups is 1. The zero-order chi connectivity index (χ0) is 22.1. The van der Waals surface area contributed by atoms with Gasteiger partial charge in [0.05, 0.1) is 23.4 Å². The van der Waals surface area contributed by atoms with Crippen LogP contribution >= 0.6 is 23.1 Å². The van der Waals surface area contributed by atoms with Gasteiger partial charge in [0.15, 0.2) is 0 Å². The second-order valence-corrected chi connectivity index (χ2v) is 9.60. The van der Waals surface area contributed by atoms with Crippen molar-refractivity contribution < 1.29 is 29.0 Å². The molecule has 1 atom stereocenters. The number of carboxylic acids is 1. The maximum absolute atomic E-state index is 13.2. The van der Waals surface area contributed by atoms with Crippen molar-refractivity contribution in [1.29, 1.82) is 0 Å². The SMILES string of the molecule is CCOC(=O)c1c(N2C(=O)CC(Sc3ccccc3C(=O)[O-])C2=O)sc2c1CCCC2. The van der Waals surface area contributed by atoms with Gasteiger partial charge in [-0.2, -0.15) is 0 Å². The Morgan fingerprint density at radius 2 is 1.97 bits per heavy atom. The number of aryl methyl sites for hydroxylation is 1. The Morgan fingerprint density at radius 3 is 2.71 bits per heavy atom. The number of carboxylic acid groups (broad SMARTS) is 1. The number of ether oxygens (including phenoxy) is 1. The Labute approximate surface area is 187 Å². The largest absolute Gasteiger partial charge is 0.545 e. The number of carbonyl (C=O) groups is 4. The Balaban J connectivity index is 1.68.